The maximum atomic E-state index is 12.5. The van der Waals surface area contributed by atoms with Crippen molar-refractivity contribution in [2.75, 3.05) is 11.9 Å². The Morgan fingerprint density at radius 1 is 1.00 bits per heavy atom. The lowest BCUT2D eigenvalue weighted by atomic mass is 10.1. The van der Waals surface area contributed by atoms with Gasteiger partial charge >= 0.3 is 11.1 Å². The molecule has 3 rings (SSSR count). The lowest BCUT2D eigenvalue weighted by Crippen LogP contribution is -2.41. The van der Waals surface area contributed by atoms with Gasteiger partial charge in [-0.2, -0.15) is 0 Å². The Labute approximate surface area is 168 Å². The monoisotopic (exact) mass is 393 g/mol. The van der Waals surface area contributed by atoms with Gasteiger partial charge in [-0.15, -0.1) is 0 Å². The molecule has 29 heavy (non-hydrogen) atoms. The van der Waals surface area contributed by atoms with Crippen LogP contribution < -0.4 is 21.2 Å². The van der Waals surface area contributed by atoms with Gasteiger partial charge in [-0.25, -0.2) is 0 Å². The summed E-state index contributed by atoms with van der Waals surface area (Å²) in [6.45, 7) is 6.05. The minimum absolute atomic E-state index is 0.245. The maximum Gasteiger partial charge on any atom is 0.320 e. The summed E-state index contributed by atoms with van der Waals surface area (Å²) < 4.78 is 7.73. The predicted octanol–water partition coefficient (Wildman–Crippen LogP) is 2.65. The Balaban J connectivity index is 1.79. The first-order chi connectivity index (χ1) is 13.9. The fourth-order valence-electron chi connectivity index (χ4n) is 3.00. The van der Waals surface area contributed by atoms with E-state index >= 15 is 0 Å². The summed E-state index contributed by atoms with van der Waals surface area (Å²) >= 11 is 0. The first kappa shape index (κ1) is 20.1. The average molecular weight is 393 g/mol. The van der Waals surface area contributed by atoms with Crippen molar-refractivity contribution in [2.24, 2.45) is 0 Å². The molecule has 150 valence electrons. The number of aryl methyl sites for hydroxylation is 2. The molecule has 1 aromatic heterocycles. The summed E-state index contributed by atoms with van der Waals surface area (Å²) in [5, 5.41) is 2.78. The quantitative estimate of drug-likeness (QED) is 0.653. The smallest absolute Gasteiger partial charge is 0.320 e. The molecule has 0 aliphatic carbocycles. The Morgan fingerprint density at radius 3 is 2.38 bits per heavy atom. The predicted molar refractivity (Wildman–Crippen MR) is 112 cm³/mol. The highest BCUT2D eigenvalue weighted by Gasteiger charge is 2.11. The average Bonchev–Trinajstić information content (AvgIpc) is 2.69. The molecule has 0 saturated carbocycles. The number of carbonyl (C=O) groups excluding carboxylic acids is 1. The van der Waals surface area contributed by atoms with E-state index in [4.69, 9.17) is 4.74 Å². The van der Waals surface area contributed by atoms with Gasteiger partial charge in [0.2, 0.25) is 5.91 Å². The van der Waals surface area contributed by atoms with Crippen LogP contribution in [0.15, 0.2) is 64.4 Å². The van der Waals surface area contributed by atoms with Gasteiger partial charge in [-0.05, 0) is 56.7 Å². The van der Waals surface area contributed by atoms with Crippen LogP contribution in [0.3, 0.4) is 0 Å². The van der Waals surface area contributed by atoms with Crippen molar-refractivity contribution in [2.45, 2.75) is 27.3 Å². The first-order valence-electron chi connectivity index (χ1n) is 9.31. The van der Waals surface area contributed by atoms with Crippen LogP contribution in [0.25, 0.3) is 5.69 Å². The second-order valence-corrected chi connectivity index (χ2v) is 6.70. The summed E-state index contributed by atoms with van der Waals surface area (Å²) in [4.78, 5) is 37.3. The van der Waals surface area contributed by atoms with Crippen LogP contribution >= 0.6 is 0 Å². The molecule has 0 aliphatic heterocycles. The molecule has 7 heteroatoms. The SMILES string of the molecule is CCOc1ccc(-n2ccn(CC(=O)Nc3ccc(C)cc3C)c(=O)c2=O)cc1. The molecule has 0 bridgehead atoms. The van der Waals surface area contributed by atoms with Gasteiger partial charge in [0.05, 0.1) is 6.61 Å². The van der Waals surface area contributed by atoms with Gasteiger partial charge in [-0.3, -0.25) is 23.5 Å². The second kappa shape index (κ2) is 8.60. The molecule has 1 N–H and O–H groups in total. The molecule has 0 radical (unpaired) electrons. The van der Waals surface area contributed by atoms with E-state index in [9.17, 15) is 14.4 Å². The third kappa shape index (κ3) is 4.63. The minimum Gasteiger partial charge on any atom is -0.494 e. The maximum absolute atomic E-state index is 12.5. The van der Waals surface area contributed by atoms with Crippen molar-refractivity contribution >= 4 is 11.6 Å². The van der Waals surface area contributed by atoms with Crippen LogP contribution in [0.5, 0.6) is 5.75 Å². The largest absolute Gasteiger partial charge is 0.494 e. The molecule has 0 saturated heterocycles. The summed E-state index contributed by atoms with van der Waals surface area (Å²) in [5.41, 5.74) is 1.75. The number of rotatable bonds is 6. The zero-order chi connectivity index (χ0) is 21.0. The number of nitrogens with one attached hydrogen (secondary N) is 1. The number of amides is 1. The number of benzene rings is 2. The van der Waals surface area contributed by atoms with Crippen LogP contribution in [0.4, 0.5) is 5.69 Å². The Bertz CT molecular complexity index is 1140. The summed E-state index contributed by atoms with van der Waals surface area (Å²) in [7, 11) is 0. The third-order valence-electron chi connectivity index (χ3n) is 4.45. The highest BCUT2D eigenvalue weighted by atomic mass is 16.5. The number of nitrogens with zero attached hydrogens (tertiary/aromatic N) is 2. The van der Waals surface area contributed by atoms with E-state index in [-0.39, 0.29) is 12.5 Å². The van der Waals surface area contributed by atoms with E-state index in [1.54, 1.807) is 24.3 Å². The van der Waals surface area contributed by atoms with E-state index in [2.05, 4.69) is 5.32 Å². The van der Waals surface area contributed by atoms with Crippen LogP contribution in [0.1, 0.15) is 18.1 Å². The molecule has 1 heterocycles. The zero-order valence-corrected chi connectivity index (χ0v) is 16.6. The van der Waals surface area contributed by atoms with E-state index in [1.165, 1.54) is 17.0 Å². The number of anilines is 1. The van der Waals surface area contributed by atoms with E-state index in [0.717, 1.165) is 15.7 Å². The number of hydrogen-bond acceptors (Lipinski definition) is 4. The molecule has 0 fully saturated rings. The van der Waals surface area contributed by atoms with Gasteiger partial charge in [0.15, 0.2) is 0 Å². The highest BCUT2D eigenvalue weighted by Crippen LogP contribution is 2.16. The summed E-state index contributed by atoms with van der Waals surface area (Å²) in [6.07, 6.45) is 2.91. The number of hydrogen-bond donors (Lipinski definition) is 1. The van der Waals surface area contributed by atoms with Crippen molar-refractivity contribution in [3.05, 3.63) is 86.7 Å². The Kier molecular flexibility index (Phi) is 5.97. The molecule has 0 spiro atoms. The summed E-state index contributed by atoms with van der Waals surface area (Å²) in [6, 6.07) is 12.5. The van der Waals surface area contributed by atoms with Crippen LogP contribution in [-0.2, 0) is 11.3 Å². The Hall–Kier alpha value is -3.61. The van der Waals surface area contributed by atoms with Gasteiger partial charge in [0.1, 0.15) is 12.3 Å². The van der Waals surface area contributed by atoms with Crippen molar-refractivity contribution in [1.82, 2.24) is 9.13 Å². The van der Waals surface area contributed by atoms with E-state index < -0.39 is 11.1 Å². The fraction of sp³-hybridized carbons (Fsp3) is 0.227. The Morgan fingerprint density at radius 2 is 1.72 bits per heavy atom. The van der Waals surface area contributed by atoms with Crippen LogP contribution in [-0.4, -0.2) is 21.6 Å². The lowest BCUT2D eigenvalue weighted by molar-refractivity contribution is -0.116. The van der Waals surface area contributed by atoms with E-state index in [1.807, 2.05) is 39.0 Å². The molecule has 0 aliphatic rings. The second-order valence-electron chi connectivity index (χ2n) is 6.70. The van der Waals surface area contributed by atoms with Gasteiger partial charge < -0.3 is 10.1 Å². The van der Waals surface area contributed by atoms with Crippen molar-refractivity contribution in [1.29, 1.82) is 0 Å². The standard InChI is InChI=1S/C22H23N3O4/c1-4-29-18-8-6-17(7-9-18)25-12-11-24(21(27)22(25)28)14-20(26)23-19-10-5-15(2)13-16(19)3/h5-13H,4,14H2,1-3H3,(H,23,26). The lowest BCUT2D eigenvalue weighted by Gasteiger charge is -2.11. The molecule has 2 aromatic carbocycles. The number of ether oxygens (including phenoxy) is 1. The summed E-state index contributed by atoms with van der Waals surface area (Å²) in [5.74, 6) is 0.304. The third-order valence-corrected chi connectivity index (χ3v) is 4.45. The van der Waals surface area contributed by atoms with Crippen molar-refractivity contribution < 1.29 is 9.53 Å². The van der Waals surface area contributed by atoms with Crippen LogP contribution in [0, 0.1) is 13.8 Å². The first-order valence-corrected chi connectivity index (χ1v) is 9.31. The number of carbonyl (C=O) groups is 1. The van der Waals surface area contributed by atoms with E-state index in [0.29, 0.717) is 23.7 Å². The van der Waals surface area contributed by atoms with Gasteiger partial charge in [-0.1, -0.05) is 17.7 Å². The highest BCUT2D eigenvalue weighted by molar-refractivity contribution is 5.91. The normalized spacial score (nSPS) is 10.6. The molecule has 0 atom stereocenters. The molecular weight excluding hydrogens is 370 g/mol. The fourth-order valence-corrected chi connectivity index (χ4v) is 3.00. The zero-order valence-electron chi connectivity index (χ0n) is 16.6. The van der Waals surface area contributed by atoms with Crippen molar-refractivity contribution in [3.8, 4) is 11.4 Å². The molecule has 7 nitrogen and oxygen atoms in total. The molecule has 0 unspecified atom stereocenters. The topological polar surface area (TPSA) is 82.3 Å². The van der Waals surface area contributed by atoms with Crippen molar-refractivity contribution in [3.63, 3.8) is 0 Å². The van der Waals surface area contributed by atoms with Crippen LogP contribution in [0.2, 0.25) is 0 Å². The van der Waals surface area contributed by atoms with Gasteiger partial charge in [0, 0.05) is 23.8 Å². The van der Waals surface area contributed by atoms with Gasteiger partial charge in [0.25, 0.3) is 0 Å². The molecule has 3 aromatic rings. The molecular formula is C22H23N3O4. The molecule has 1 amide bonds. The minimum atomic E-state index is -0.767. The number of aromatic nitrogens is 2.